The third-order valence-corrected chi connectivity index (χ3v) is 6.44. The number of H-pyrrole nitrogens is 1. The standard InChI is InChI=1S/C27H26ClN3O2/c1-3-33-26-11-9-21(14-23(26)28)27(32)31-12-4-5-18-6-7-19(13-22(18)16-31)20-8-10-24-25(15-20)30-17(2)29-24/h6-11,13-15H,3-5,12,16H2,1-2H3,(H,29,30). The molecule has 1 amide bonds. The third-order valence-electron chi connectivity index (χ3n) is 6.14. The second-order valence-corrected chi connectivity index (χ2v) is 8.85. The van der Waals surface area contributed by atoms with Gasteiger partial charge in [0.25, 0.3) is 5.91 Å². The van der Waals surface area contributed by atoms with Gasteiger partial charge in [0, 0.05) is 18.7 Å². The summed E-state index contributed by atoms with van der Waals surface area (Å²) in [4.78, 5) is 23.0. The highest BCUT2D eigenvalue weighted by Gasteiger charge is 2.21. The highest BCUT2D eigenvalue weighted by Crippen LogP contribution is 2.30. The molecular formula is C27H26ClN3O2. The third kappa shape index (κ3) is 4.33. The number of aromatic amines is 1. The fraction of sp³-hybridized carbons (Fsp3) is 0.259. The van der Waals surface area contributed by atoms with Gasteiger partial charge in [0.15, 0.2) is 0 Å². The SMILES string of the molecule is CCOc1ccc(C(=O)N2CCCc3ccc(-c4ccc5nc(C)[nH]c5c4)cc3C2)cc1Cl. The maximum absolute atomic E-state index is 13.3. The van der Waals surface area contributed by atoms with E-state index in [9.17, 15) is 4.79 Å². The Kier molecular flexibility index (Phi) is 5.81. The van der Waals surface area contributed by atoms with Crippen LogP contribution in [0.15, 0.2) is 54.6 Å². The number of aryl methyl sites for hydroxylation is 2. The first kappa shape index (κ1) is 21.5. The van der Waals surface area contributed by atoms with Gasteiger partial charge < -0.3 is 14.6 Å². The van der Waals surface area contributed by atoms with E-state index in [0.29, 0.717) is 36.0 Å². The number of hydrogen-bond donors (Lipinski definition) is 1. The first-order valence-corrected chi connectivity index (χ1v) is 11.7. The van der Waals surface area contributed by atoms with E-state index < -0.39 is 0 Å². The maximum Gasteiger partial charge on any atom is 0.254 e. The summed E-state index contributed by atoms with van der Waals surface area (Å²) in [6.07, 6.45) is 1.89. The fourth-order valence-corrected chi connectivity index (χ4v) is 4.76. The van der Waals surface area contributed by atoms with Crippen LogP contribution < -0.4 is 4.74 Å². The van der Waals surface area contributed by atoms with Crippen molar-refractivity contribution < 1.29 is 9.53 Å². The largest absolute Gasteiger partial charge is 0.492 e. The van der Waals surface area contributed by atoms with Crippen LogP contribution in [0.4, 0.5) is 0 Å². The highest BCUT2D eigenvalue weighted by molar-refractivity contribution is 6.32. The van der Waals surface area contributed by atoms with Gasteiger partial charge in [0.2, 0.25) is 0 Å². The molecule has 0 spiro atoms. The zero-order chi connectivity index (χ0) is 22.9. The summed E-state index contributed by atoms with van der Waals surface area (Å²) in [6.45, 7) is 5.70. The minimum atomic E-state index is -0.00689. The Balaban J connectivity index is 1.42. The van der Waals surface area contributed by atoms with Crippen molar-refractivity contribution in [3.05, 3.63) is 82.1 Å². The number of aromatic nitrogens is 2. The average Bonchev–Trinajstić information content (AvgIpc) is 3.05. The van der Waals surface area contributed by atoms with E-state index >= 15 is 0 Å². The van der Waals surface area contributed by atoms with Crippen LogP contribution >= 0.6 is 11.6 Å². The van der Waals surface area contributed by atoms with Gasteiger partial charge >= 0.3 is 0 Å². The van der Waals surface area contributed by atoms with Gasteiger partial charge in [-0.05, 0) is 85.3 Å². The number of carbonyl (C=O) groups is 1. The van der Waals surface area contributed by atoms with Crippen molar-refractivity contribution >= 4 is 28.5 Å². The van der Waals surface area contributed by atoms with Crippen LogP contribution in [0.25, 0.3) is 22.2 Å². The number of amides is 1. The molecule has 0 aliphatic carbocycles. The molecule has 0 atom stereocenters. The van der Waals surface area contributed by atoms with Gasteiger partial charge in [0.05, 0.1) is 22.7 Å². The molecule has 168 valence electrons. The van der Waals surface area contributed by atoms with Crippen molar-refractivity contribution in [1.29, 1.82) is 0 Å². The van der Waals surface area contributed by atoms with E-state index in [0.717, 1.165) is 40.8 Å². The van der Waals surface area contributed by atoms with Gasteiger partial charge in [-0.2, -0.15) is 0 Å². The van der Waals surface area contributed by atoms with Gasteiger partial charge in [-0.1, -0.05) is 29.8 Å². The lowest BCUT2D eigenvalue weighted by atomic mass is 9.97. The summed E-state index contributed by atoms with van der Waals surface area (Å²) in [7, 11) is 0. The normalized spacial score (nSPS) is 13.6. The molecule has 4 aromatic rings. The van der Waals surface area contributed by atoms with Crippen molar-refractivity contribution in [3.63, 3.8) is 0 Å². The zero-order valence-electron chi connectivity index (χ0n) is 18.8. The molecular weight excluding hydrogens is 434 g/mol. The Morgan fingerprint density at radius 3 is 2.73 bits per heavy atom. The minimum Gasteiger partial charge on any atom is -0.492 e. The Morgan fingerprint density at radius 1 is 1.09 bits per heavy atom. The molecule has 3 aromatic carbocycles. The molecule has 1 N–H and O–H groups in total. The molecule has 0 saturated carbocycles. The van der Waals surface area contributed by atoms with Crippen LogP contribution in [0.3, 0.4) is 0 Å². The molecule has 1 aliphatic heterocycles. The van der Waals surface area contributed by atoms with E-state index in [1.807, 2.05) is 24.8 Å². The Bertz CT molecular complexity index is 1340. The number of nitrogens with zero attached hydrogens (tertiary/aromatic N) is 2. The predicted octanol–water partition coefficient (Wildman–Crippen LogP) is 6.18. The predicted molar refractivity (Wildman–Crippen MR) is 132 cm³/mol. The fourth-order valence-electron chi connectivity index (χ4n) is 4.52. The van der Waals surface area contributed by atoms with Crippen molar-refractivity contribution in [2.24, 2.45) is 0 Å². The molecule has 0 unspecified atom stereocenters. The molecule has 2 heterocycles. The number of imidazole rings is 1. The second kappa shape index (κ2) is 8.91. The van der Waals surface area contributed by atoms with Crippen LogP contribution in [0, 0.1) is 6.92 Å². The van der Waals surface area contributed by atoms with Crippen LogP contribution in [-0.4, -0.2) is 33.9 Å². The van der Waals surface area contributed by atoms with E-state index in [2.05, 4.69) is 40.3 Å². The van der Waals surface area contributed by atoms with Crippen molar-refractivity contribution in [3.8, 4) is 16.9 Å². The lowest BCUT2D eigenvalue weighted by Crippen LogP contribution is -2.30. The summed E-state index contributed by atoms with van der Waals surface area (Å²) in [5.74, 6) is 1.51. The number of halogens is 1. The second-order valence-electron chi connectivity index (χ2n) is 8.45. The lowest BCUT2D eigenvalue weighted by Gasteiger charge is -2.22. The molecule has 6 heteroatoms. The Hall–Kier alpha value is -3.31. The number of ether oxygens (including phenoxy) is 1. The number of rotatable bonds is 4. The van der Waals surface area contributed by atoms with Crippen LogP contribution in [0.5, 0.6) is 5.75 Å². The topological polar surface area (TPSA) is 58.2 Å². The maximum atomic E-state index is 13.3. The molecule has 0 fully saturated rings. The van der Waals surface area contributed by atoms with Crippen molar-refractivity contribution in [2.75, 3.05) is 13.2 Å². The number of benzene rings is 3. The Labute approximate surface area is 198 Å². The molecule has 5 nitrogen and oxygen atoms in total. The van der Waals surface area contributed by atoms with Crippen LogP contribution in [0.2, 0.25) is 5.02 Å². The van der Waals surface area contributed by atoms with E-state index in [-0.39, 0.29) is 5.91 Å². The summed E-state index contributed by atoms with van der Waals surface area (Å²) >= 11 is 6.33. The Morgan fingerprint density at radius 2 is 1.91 bits per heavy atom. The average molecular weight is 460 g/mol. The summed E-state index contributed by atoms with van der Waals surface area (Å²) in [6, 6.07) is 18.2. The lowest BCUT2D eigenvalue weighted by molar-refractivity contribution is 0.0746. The van der Waals surface area contributed by atoms with E-state index in [1.165, 1.54) is 11.1 Å². The highest BCUT2D eigenvalue weighted by atomic mass is 35.5. The molecule has 1 aromatic heterocycles. The molecule has 0 radical (unpaired) electrons. The van der Waals surface area contributed by atoms with Crippen LogP contribution in [0.1, 0.15) is 40.7 Å². The molecule has 0 bridgehead atoms. The summed E-state index contributed by atoms with van der Waals surface area (Å²) in [5.41, 5.74) is 7.35. The zero-order valence-corrected chi connectivity index (χ0v) is 19.6. The molecule has 5 rings (SSSR count). The van der Waals surface area contributed by atoms with Gasteiger partial charge in [0.1, 0.15) is 11.6 Å². The molecule has 1 aliphatic rings. The van der Waals surface area contributed by atoms with Crippen LogP contribution in [-0.2, 0) is 13.0 Å². The van der Waals surface area contributed by atoms with Crippen molar-refractivity contribution in [1.82, 2.24) is 14.9 Å². The van der Waals surface area contributed by atoms with Gasteiger partial charge in [-0.25, -0.2) is 4.98 Å². The monoisotopic (exact) mass is 459 g/mol. The first-order valence-electron chi connectivity index (χ1n) is 11.3. The number of carbonyl (C=O) groups excluding carboxylic acids is 1. The summed E-state index contributed by atoms with van der Waals surface area (Å²) in [5, 5.41) is 0.463. The smallest absolute Gasteiger partial charge is 0.254 e. The van der Waals surface area contributed by atoms with Gasteiger partial charge in [-0.3, -0.25) is 4.79 Å². The van der Waals surface area contributed by atoms with E-state index in [1.54, 1.807) is 18.2 Å². The minimum absolute atomic E-state index is 0.00689. The van der Waals surface area contributed by atoms with E-state index in [4.69, 9.17) is 16.3 Å². The number of hydrogen-bond acceptors (Lipinski definition) is 3. The molecule has 33 heavy (non-hydrogen) atoms. The first-order chi connectivity index (χ1) is 16.0. The van der Waals surface area contributed by atoms with Gasteiger partial charge in [-0.15, -0.1) is 0 Å². The number of fused-ring (bicyclic) bond motifs is 2. The molecule has 0 saturated heterocycles. The number of nitrogens with one attached hydrogen (secondary N) is 1. The summed E-state index contributed by atoms with van der Waals surface area (Å²) < 4.78 is 5.50. The quantitative estimate of drug-likeness (QED) is 0.396. The van der Waals surface area contributed by atoms with Crippen molar-refractivity contribution in [2.45, 2.75) is 33.2 Å².